The molecule has 0 aromatic carbocycles. The van der Waals surface area contributed by atoms with E-state index in [2.05, 4.69) is 15.0 Å². The van der Waals surface area contributed by atoms with Crippen LogP contribution in [0.1, 0.15) is 30.0 Å². The second-order valence-electron chi connectivity index (χ2n) is 4.26. The summed E-state index contributed by atoms with van der Waals surface area (Å²) in [6, 6.07) is 2.57. The van der Waals surface area contributed by atoms with Gasteiger partial charge in [-0.05, 0) is 30.9 Å². The highest BCUT2D eigenvalue weighted by Gasteiger charge is 2.34. The van der Waals surface area contributed by atoms with Crippen molar-refractivity contribution in [3.8, 4) is 5.88 Å². The van der Waals surface area contributed by atoms with Gasteiger partial charge in [-0.25, -0.2) is 4.98 Å². The van der Waals surface area contributed by atoms with Crippen molar-refractivity contribution in [2.45, 2.75) is 38.0 Å². The molecule has 0 radical (unpaired) electrons. The van der Waals surface area contributed by atoms with Crippen LogP contribution in [0.25, 0.3) is 0 Å². The van der Waals surface area contributed by atoms with Gasteiger partial charge in [0.05, 0.1) is 0 Å². The predicted octanol–water partition coefficient (Wildman–Crippen LogP) is 2.03. The third-order valence-corrected chi connectivity index (χ3v) is 3.32. The van der Waals surface area contributed by atoms with E-state index >= 15 is 0 Å². The van der Waals surface area contributed by atoms with Crippen LogP contribution < -0.4 is 10.1 Å². The fraction of sp³-hybridized carbons (Fsp3) is 0.545. The van der Waals surface area contributed by atoms with Gasteiger partial charge in [0.2, 0.25) is 5.88 Å². The molecular formula is C11H12F2N2O. The standard InChI is InChI=1S/C11H12F2N2O/c12-11(13)16-10-8-5-6-1-2-9(15-6)7(8)3-4-14-10/h3-4,6,9,11,15H,1-2,5H2/t6-,9+/m0/s1. The lowest BCUT2D eigenvalue weighted by atomic mass is 9.97. The normalized spacial score (nSPS) is 26.9. The first kappa shape index (κ1) is 9.96. The summed E-state index contributed by atoms with van der Waals surface area (Å²) in [6.45, 7) is -2.80. The Kier molecular flexibility index (Phi) is 2.28. The van der Waals surface area contributed by atoms with E-state index in [0.717, 1.165) is 30.4 Å². The Hall–Kier alpha value is -1.23. The maximum atomic E-state index is 12.2. The highest BCUT2D eigenvalue weighted by atomic mass is 19.3. The lowest BCUT2D eigenvalue weighted by Gasteiger charge is -2.25. The lowest BCUT2D eigenvalue weighted by Crippen LogP contribution is -2.32. The number of hydrogen-bond acceptors (Lipinski definition) is 3. The van der Waals surface area contributed by atoms with E-state index in [1.807, 2.05) is 6.07 Å². The van der Waals surface area contributed by atoms with Gasteiger partial charge in [0.25, 0.3) is 0 Å². The van der Waals surface area contributed by atoms with Gasteiger partial charge in [-0.2, -0.15) is 8.78 Å². The van der Waals surface area contributed by atoms with Crippen LogP contribution in [0.4, 0.5) is 8.78 Å². The lowest BCUT2D eigenvalue weighted by molar-refractivity contribution is -0.0537. The number of hydrogen-bond donors (Lipinski definition) is 1. The molecule has 0 unspecified atom stereocenters. The molecule has 16 heavy (non-hydrogen) atoms. The Morgan fingerprint density at radius 1 is 1.44 bits per heavy atom. The Bertz CT molecular complexity index is 411. The first-order chi connectivity index (χ1) is 7.74. The molecular weight excluding hydrogens is 214 g/mol. The van der Waals surface area contributed by atoms with Gasteiger partial charge in [0, 0.05) is 23.8 Å². The van der Waals surface area contributed by atoms with Gasteiger partial charge >= 0.3 is 6.61 Å². The van der Waals surface area contributed by atoms with Crippen molar-refractivity contribution < 1.29 is 13.5 Å². The first-order valence-electron chi connectivity index (χ1n) is 5.42. The van der Waals surface area contributed by atoms with Crippen LogP contribution >= 0.6 is 0 Å². The van der Waals surface area contributed by atoms with E-state index in [-0.39, 0.29) is 11.9 Å². The topological polar surface area (TPSA) is 34.1 Å². The van der Waals surface area contributed by atoms with Crippen LogP contribution in [0.5, 0.6) is 5.88 Å². The zero-order valence-electron chi connectivity index (χ0n) is 8.62. The third kappa shape index (κ3) is 1.55. The molecule has 0 amide bonds. The van der Waals surface area contributed by atoms with Gasteiger partial charge < -0.3 is 10.1 Å². The second kappa shape index (κ2) is 3.66. The summed E-state index contributed by atoms with van der Waals surface area (Å²) >= 11 is 0. The average molecular weight is 226 g/mol. The Morgan fingerprint density at radius 2 is 2.31 bits per heavy atom. The van der Waals surface area contributed by atoms with Crippen molar-refractivity contribution in [2.75, 3.05) is 0 Å². The quantitative estimate of drug-likeness (QED) is 0.837. The van der Waals surface area contributed by atoms with E-state index in [1.54, 1.807) is 0 Å². The first-order valence-corrected chi connectivity index (χ1v) is 5.42. The minimum absolute atomic E-state index is 0.103. The maximum Gasteiger partial charge on any atom is 0.388 e. The molecule has 5 heteroatoms. The number of nitrogens with zero attached hydrogens (tertiary/aromatic N) is 1. The van der Waals surface area contributed by atoms with Gasteiger partial charge in [0.1, 0.15) is 0 Å². The molecule has 3 rings (SSSR count). The van der Waals surface area contributed by atoms with Crippen LogP contribution in [0.15, 0.2) is 12.3 Å². The van der Waals surface area contributed by atoms with Crippen LogP contribution in [0, 0.1) is 0 Å². The van der Waals surface area contributed by atoms with Gasteiger partial charge in [-0.15, -0.1) is 0 Å². The van der Waals surface area contributed by atoms with Crippen LogP contribution in [-0.2, 0) is 6.42 Å². The molecule has 1 saturated heterocycles. The Labute approximate surface area is 91.8 Å². The second-order valence-corrected chi connectivity index (χ2v) is 4.26. The minimum atomic E-state index is -2.80. The largest absolute Gasteiger partial charge is 0.417 e. The molecule has 1 aromatic rings. The zero-order valence-corrected chi connectivity index (χ0v) is 8.62. The van der Waals surface area contributed by atoms with E-state index in [9.17, 15) is 8.78 Å². The molecule has 1 aromatic heterocycles. The number of rotatable bonds is 2. The molecule has 0 spiro atoms. The van der Waals surface area contributed by atoms with Crippen molar-refractivity contribution in [1.29, 1.82) is 0 Å². The van der Waals surface area contributed by atoms with Crippen molar-refractivity contribution in [1.82, 2.24) is 10.3 Å². The third-order valence-electron chi connectivity index (χ3n) is 3.32. The molecule has 0 aliphatic carbocycles. The maximum absolute atomic E-state index is 12.2. The average Bonchev–Trinajstić information content (AvgIpc) is 2.62. The summed E-state index contributed by atoms with van der Waals surface area (Å²) in [4.78, 5) is 3.90. The van der Waals surface area contributed by atoms with Crippen molar-refractivity contribution in [3.63, 3.8) is 0 Å². The summed E-state index contributed by atoms with van der Waals surface area (Å²) < 4.78 is 28.9. The van der Waals surface area contributed by atoms with E-state index < -0.39 is 6.61 Å². The van der Waals surface area contributed by atoms with E-state index in [0.29, 0.717) is 6.04 Å². The molecule has 1 fully saturated rings. The van der Waals surface area contributed by atoms with Crippen LogP contribution in [0.2, 0.25) is 0 Å². The molecule has 2 aliphatic heterocycles. The number of aromatic nitrogens is 1. The molecule has 2 atom stereocenters. The molecule has 86 valence electrons. The highest BCUT2D eigenvalue weighted by Crippen LogP contribution is 2.38. The SMILES string of the molecule is FC(F)Oc1nccc2c1C[C@@H]1CC[C@H]2N1. The molecule has 3 heterocycles. The van der Waals surface area contributed by atoms with Gasteiger partial charge in [-0.3, -0.25) is 0 Å². The Morgan fingerprint density at radius 3 is 3.12 bits per heavy atom. The van der Waals surface area contributed by atoms with E-state index in [1.165, 1.54) is 6.20 Å². The Balaban J connectivity index is 2.00. The number of fused-ring (bicyclic) bond motifs is 4. The predicted molar refractivity (Wildman–Crippen MR) is 53.5 cm³/mol. The monoisotopic (exact) mass is 226 g/mol. The van der Waals surface area contributed by atoms with Crippen molar-refractivity contribution in [2.24, 2.45) is 0 Å². The summed E-state index contributed by atoms with van der Waals surface area (Å²) in [5.41, 5.74) is 1.92. The highest BCUT2D eigenvalue weighted by molar-refractivity contribution is 5.40. The molecule has 2 bridgehead atoms. The number of halogens is 2. The van der Waals surface area contributed by atoms with Crippen LogP contribution in [0.3, 0.4) is 0 Å². The summed E-state index contributed by atoms with van der Waals surface area (Å²) in [6.07, 6.45) is 4.43. The van der Waals surface area contributed by atoms with E-state index in [4.69, 9.17) is 0 Å². The zero-order chi connectivity index (χ0) is 11.1. The van der Waals surface area contributed by atoms with Gasteiger partial charge in [0.15, 0.2) is 0 Å². The number of alkyl halides is 2. The summed E-state index contributed by atoms with van der Waals surface area (Å²) in [5.74, 6) is 0.103. The summed E-state index contributed by atoms with van der Waals surface area (Å²) in [5, 5.41) is 3.46. The van der Waals surface area contributed by atoms with Crippen LogP contribution in [-0.4, -0.2) is 17.6 Å². The fourth-order valence-electron chi connectivity index (χ4n) is 2.68. The number of pyridine rings is 1. The van der Waals surface area contributed by atoms with Gasteiger partial charge in [-0.1, -0.05) is 0 Å². The summed E-state index contributed by atoms with van der Waals surface area (Å²) in [7, 11) is 0. The molecule has 2 aliphatic rings. The molecule has 1 N–H and O–H groups in total. The molecule has 0 saturated carbocycles. The fourth-order valence-corrected chi connectivity index (χ4v) is 2.68. The number of ether oxygens (including phenoxy) is 1. The smallest absolute Gasteiger partial charge is 0.388 e. The minimum Gasteiger partial charge on any atom is -0.417 e. The number of nitrogens with one attached hydrogen (secondary N) is 1. The van der Waals surface area contributed by atoms with Crippen molar-refractivity contribution >= 4 is 0 Å². The van der Waals surface area contributed by atoms with Crippen molar-refractivity contribution in [3.05, 3.63) is 23.4 Å². The molecule has 3 nitrogen and oxygen atoms in total.